The first kappa shape index (κ1) is 39.7. The van der Waals surface area contributed by atoms with Crippen LogP contribution in [0.3, 0.4) is 0 Å². The minimum Gasteiger partial charge on any atom is -0.443 e. The molecule has 1 aliphatic rings. The molecule has 3 aromatic carbocycles. The number of carbonyl (C=O) groups is 4. The number of benzene rings is 3. The average molecular weight is 814 g/mol. The lowest BCUT2D eigenvalue weighted by Crippen LogP contribution is -2.44. The first-order valence-electron chi connectivity index (χ1n) is 14.6. The summed E-state index contributed by atoms with van der Waals surface area (Å²) in [7, 11) is 0. The number of hydrogen-bond donors (Lipinski definition) is 2. The molecule has 9 nitrogen and oxygen atoms in total. The molecule has 17 heteroatoms. The number of alkyl halides is 2. The molecule has 2 N–H and O–H groups in total. The van der Waals surface area contributed by atoms with Crippen molar-refractivity contribution in [1.29, 1.82) is 0 Å². The summed E-state index contributed by atoms with van der Waals surface area (Å²) in [5.41, 5.74) is -3.31. The number of carbonyl (C=O) groups excluding carboxylic acids is 4. The maximum Gasteiger partial charge on any atom is 0.424 e. The molecular weight excluding hydrogens is 785 g/mol. The monoisotopic (exact) mass is 811 g/mol. The van der Waals surface area contributed by atoms with E-state index >= 15 is 8.78 Å². The lowest BCUT2D eigenvalue weighted by atomic mass is 10.1. The van der Waals surface area contributed by atoms with Gasteiger partial charge in [-0.3, -0.25) is 9.59 Å². The third kappa shape index (κ3) is 9.05. The fraction of sp³-hybridized carbons (Fsp3) is 0.333. The minimum absolute atomic E-state index is 0.0906. The highest BCUT2D eigenvalue weighted by Crippen LogP contribution is 2.65. The smallest absolute Gasteiger partial charge is 0.424 e. The molecule has 1 saturated carbocycles. The first-order valence-corrected chi connectivity index (χ1v) is 16.9. The van der Waals surface area contributed by atoms with E-state index in [-0.39, 0.29) is 36.2 Å². The van der Waals surface area contributed by atoms with Gasteiger partial charge >= 0.3 is 12.2 Å². The van der Waals surface area contributed by atoms with E-state index in [1.807, 2.05) is 0 Å². The summed E-state index contributed by atoms with van der Waals surface area (Å²) >= 11 is 37.5. The molecule has 1 aliphatic carbocycles. The van der Waals surface area contributed by atoms with Gasteiger partial charge in [0.25, 0.3) is 5.91 Å². The molecule has 0 heterocycles. The van der Waals surface area contributed by atoms with E-state index in [0.29, 0.717) is 11.6 Å². The molecule has 0 saturated heterocycles. The standard InChI is InChI=1S/C33H29Cl6F2N3O6/c1-31(2,3)49-29(47)44(30(48)50-32(4,5)6)23-13-22(20(40)12-21(23)41)43-27(45)16-11-15(7-8-17(16)34)42-28(46)25-24(33(25,38)39)14-9-18(35)26(37)19(36)10-14/h7-13,24-25H,1-6H3,(H,42,46)(H,43,45)/t24-,25+/m0/s1. The Kier molecular flexibility index (Phi) is 11.5. The summed E-state index contributed by atoms with van der Waals surface area (Å²) in [6, 6.07) is 7.97. The van der Waals surface area contributed by atoms with E-state index in [9.17, 15) is 19.2 Å². The van der Waals surface area contributed by atoms with Crippen molar-refractivity contribution in [1.82, 2.24) is 0 Å². The maximum atomic E-state index is 15.2. The van der Waals surface area contributed by atoms with Crippen LogP contribution in [-0.2, 0) is 14.3 Å². The van der Waals surface area contributed by atoms with E-state index < -0.39 is 74.4 Å². The van der Waals surface area contributed by atoms with Gasteiger partial charge in [0.15, 0.2) is 5.82 Å². The van der Waals surface area contributed by atoms with Crippen molar-refractivity contribution in [2.24, 2.45) is 5.92 Å². The molecule has 4 amide bonds. The normalized spacial score (nSPS) is 16.7. The summed E-state index contributed by atoms with van der Waals surface area (Å²) in [4.78, 5) is 53.0. The van der Waals surface area contributed by atoms with Crippen molar-refractivity contribution < 1.29 is 37.4 Å². The van der Waals surface area contributed by atoms with Crippen LogP contribution in [0.5, 0.6) is 0 Å². The molecule has 0 aliphatic heterocycles. The van der Waals surface area contributed by atoms with E-state index in [0.717, 1.165) is 6.07 Å². The molecule has 2 atom stereocenters. The van der Waals surface area contributed by atoms with Crippen molar-refractivity contribution in [3.8, 4) is 0 Å². The number of nitrogens with one attached hydrogen (secondary N) is 2. The van der Waals surface area contributed by atoms with Crippen LogP contribution in [-0.4, -0.2) is 39.5 Å². The van der Waals surface area contributed by atoms with Gasteiger partial charge in [-0.1, -0.05) is 46.4 Å². The number of anilines is 3. The summed E-state index contributed by atoms with van der Waals surface area (Å²) in [6.07, 6.45) is -2.64. The Morgan fingerprint density at radius 3 is 1.82 bits per heavy atom. The number of amides is 4. The number of nitrogens with zero attached hydrogens (tertiary/aromatic N) is 1. The highest BCUT2D eigenvalue weighted by atomic mass is 35.5. The molecule has 50 heavy (non-hydrogen) atoms. The molecular formula is C33H29Cl6F2N3O6. The molecule has 0 unspecified atom stereocenters. The van der Waals surface area contributed by atoms with Crippen LogP contribution in [0.2, 0.25) is 20.1 Å². The second kappa shape index (κ2) is 14.5. The molecule has 3 aromatic rings. The maximum absolute atomic E-state index is 15.2. The van der Waals surface area contributed by atoms with Gasteiger partial charge in [0.2, 0.25) is 5.91 Å². The number of halogens is 8. The van der Waals surface area contributed by atoms with Crippen molar-refractivity contribution in [3.63, 3.8) is 0 Å². The topological polar surface area (TPSA) is 114 Å². The minimum atomic E-state index is -1.53. The average Bonchev–Trinajstić information content (AvgIpc) is 3.54. The van der Waals surface area contributed by atoms with E-state index in [4.69, 9.17) is 79.1 Å². The quantitative estimate of drug-likeness (QED) is 0.189. The Morgan fingerprint density at radius 1 is 0.760 bits per heavy atom. The highest BCUT2D eigenvalue weighted by molar-refractivity contribution is 6.54. The second-order valence-corrected chi connectivity index (χ2v) is 16.2. The fourth-order valence-corrected chi connectivity index (χ4v) is 6.34. The van der Waals surface area contributed by atoms with Crippen LogP contribution >= 0.6 is 69.6 Å². The van der Waals surface area contributed by atoms with Gasteiger partial charge in [-0.15, -0.1) is 23.2 Å². The zero-order valence-electron chi connectivity index (χ0n) is 27.1. The van der Waals surface area contributed by atoms with Gasteiger partial charge in [-0.2, -0.15) is 4.90 Å². The summed E-state index contributed by atoms with van der Waals surface area (Å²) in [5.74, 6) is -5.87. The van der Waals surface area contributed by atoms with Crippen molar-refractivity contribution >= 4 is 111 Å². The van der Waals surface area contributed by atoms with Gasteiger partial charge in [0, 0.05) is 17.7 Å². The van der Waals surface area contributed by atoms with Crippen LogP contribution in [0.1, 0.15) is 63.4 Å². The third-order valence-electron chi connectivity index (χ3n) is 6.86. The van der Waals surface area contributed by atoms with Crippen LogP contribution in [0.25, 0.3) is 0 Å². The Labute approximate surface area is 316 Å². The van der Waals surface area contributed by atoms with E-state index in [2.05, 4.69) is 10.6 Å². The highest BCUT2D eigenvalue weighted by Gasteiger charge is 2.67. The summed E-state index contributed by atoms with van der Waals surface area (Å²) in [6.45, 7) is 9.09. The van der Waals surface area contributed by atoms with Crippen molar-refractivity contribution in [2.45, 2.75) is 63.0 Å². The number of imide groups is 1. The first-order chi connectivity index (χ1) is 22.9. The predicted octanol–water partition coefficient (Wildman–Crippen LogP) is 11.0. The lowest BCUT2D eigenvalue weighted by Gasteiger charge is -2.29. The molecule has 0 radical (unpaired) electrons. The summed E-state index contributed by atoms with van der Waals surface area (Å²) < 4.78 is 39.2. The van der Waals surface area contributed by atoms with Gasteiger partial charge in [0.1, 0.15) is 21.4 Å². The molecule has 268 valence electrons. The zero-order chi connectivity index (χ0) is 37.7. The SMILES string of the molecule is CC(C)(C)OC(=O)N(C(=O)OC(C)(C)C)c1cc(NC(=O)c2cc(NC(=O)[C@H]3[C@H](c4cc(Cl)c(Cl)c(Cl)c4)C3(Cl)Cl)ccc2Cl)c(F)cc1F. The summed E-state index contributed by atoms with van der Waals surface area (Å²) in [5, 5.41) is 5.18. The Morgan fingerprint density at radius 2 is 1.30 bits per heavy atom. The van der Waals surface area contributed by atoms with Gasteiger partial charge < -0.3 is 20.1 Å². The van der Waals surface area contributed by atoms with Gasteiger partial charge in [-0.25, -0.2) is 18.4 Å². The number of ether oxygens (including phenoxy) is 2. The fourth-order valence-electron chi connectivity index (χ4n) is 4.70. The zero-order valence-corrected chi connectivity index (χ0v) is 31.7. The van der Waals surface area contributed by atoms with Gasteiger partial charge in [0.05, 0.1) is 42.9 Å². The Balaban J connectivity index is 1.60. The second-order valence-electron chi connectivity index (χ2n) is 13.1. The molecule has 4 rings (SSSR count). The van der Waals surface area contributed by atoms with Crippen LogP contribution in [0, 0.1) is 17.6 Å². The predicted molar refractivity (Wildman–Crippen MR) is 191 cm³/mol. The number of rotatable bonds is 6. The molecule has 0 spiro atoms. The van der Waals surface area contributed by atoms with E-state index in [1.54, 1.807) is 0 Å². The van der Waals surface area contributed by atoms with Crippen LogP contribution in [0.15, 0.2) is 42.5 Å². The molecule has 0 bridgehead atoms. The van der Waals surface area contributed by atoms with Gasteiger partial charge in [-0.05, 0) is 83.5 Å². The Hall–Kier alpha value is -3.06. The third-order valence-corrected chi connectivity index (χ3v) is 9.32. The molecule has 0 aromatic heterocycles. The van der Waals surface area contributed by atoms with Crippen LogP contribution in [0.4, 0.5) is 35.4 Å². The largest absolute Gasteiger partial charge is 0.443 e. The Bertz CT molecular complexity index is 1850. The molecule has 1 fully saturated rings. The number of hydrogen-bond acceptors (Lipinski definition) is 6. The van der Waals surface area contributed by atoms with Crippen molar-refractivity contribution in [2.75, 3.05) is 15.5 Å². The van der Waals surface area contributed by atoms with Crippen molar-refractivity contribution in [3.05, 3.63) is 85.3 Å². The van der Waals surface area contributed by atoms with E-state index in [1.165, 1.54) is 71.9 Å². The van der Waals surface area contributed by atoms with Crippen LogP contribution < -0.4 is 15.5 Å². The lowest BCUT2D eigenvalue weighted by molar-refractivity contribution is -0.117.